The lowest BCUT2D eigenvalue weighted by molar-refractivity contribution is -0.130. The number of rotatable bonds is 11. The summed E-state index contributed by atoms with van der Waals surface area (Å²) in [5, 5.41) is 2.75. The predicted octanol–water partition coefficient (Wildman–Crippen LogP) is 3.54. The second-order valence-electron chi connectivity index (χ2n) is 6.95. The van der Waals surface area contributed by atoms with Crippen molar-refractivity contribution >= 4 is 23.3 Å². The number of carbonyl (C=O) groups excluding carboxylic acids is 3. The Labute approximate surface area is 177 Å². The Morgan fingerprint density at radius 2 is 1.47 bits per heavy atom. The Morgan fingerprint density at radius 3 is 2.07 bits per heavy atom. The van der Waals surface area contributed by atoms with E-state index in [1.165, 1.54) is 4.90 Å². The largest absolute Gasteiger partial charge is 0.494 e. The van der Waals surface area contributed by atoms with Gasteiger partial charge in [-0.1, -0.05) is 6.92 Å². The molecule has 7 nitrogen and oxygen atoms in total. The Morgan fingerprint density at radius 1 is 0.867 bits per heavy atom. The van der Waals surface area contributed by atoms with Gasteiger partial charge in [0.2, 0.25) is 5.91 Å². The average molecular weight is 412 g/mol. The number of nitrogens with one attached hydrogen (secondary N) is 1. The van der Waals surface area contributed by atoms with Gasteiger partial charge in [-0.3, -0.25) is 14.4 Å². The number of nitrogens with zero attached hydrogens (tertiary/aromatic N) is 1. The zero-order chi connectivity index (χ0) is 21.9. The van der Waals surface area contributed by atoms with Crippen LogP contribution in [0.5, 0.6) is 11.5 Å². The van der Waals surface area contributed by atoms with Crippen LogP contribution in [0.25, 0.3) is 0 Å². The molecule has 0 aromatic heterocycles. The number of amides is 2. The SMILES string of the molecule is CCCOc1ccc(C(=O)CCC(=O)Nc2ccc(OCC(=O)N(C)C)cc2)cc1. The molecule has 0 aliphatic heterocycles. The van der Waals surface area contributed by atoms with Crippen LogP contribution in [0.1, 0.15) is 36.5 Å². The van der Waals surface area contributed by atoms with Crippen LogP contribution in [0.2, 0.25) is 0 Å². The van der Waals surface area contributed by atoms with Gasteiger partial charge < -0.3 is 19.7 Å². The Kier molecular flexibility index (Phi) is 8.87. The number of hydrogen-bond donors (Lipinski definition) is 1. The average Bonchev–Trinajstić information content (AvgIpc) is 2.75. The predicted molar refractivity (Wildman–Crippen MR) is 115 cm³/mol. The van der Waals surface area contributed by atoms with Crippen molar-refractivity contribution in [1.29, 1.82) is 0 Å². The first-order valence-electron chi connectivity index (χ1n) is 9.88. The molecule has 0 atom stereocenters. The van der Waals surface area contributed by atoms with Crippen molar-refractivity contribution in [3.63, 3.8) is 0 Å². The minimum Gasteiger partial charge on any atom is -0.494 e. The van der Waals surface area contributed by atoms with Gasteiger partial charge in [-0.15, -0.1) is 0 Å². The topological polar surface area (TPSA) is 84.9 Å². The first-order chi connectivity index (χ1) is 14.4. The second kappa shape index (κ2) is 11.6. The van der Waals surface area contributed by atoms with E-state index in [2.05, 4.69) is 5.32 Å². The maximum atomic E-state index is 12.3. The number of likely N-dealkylation sites (N-methyl/N-ethyl adjacent to an activating group) is 1. The number of ether oxygens (including phenoxy) is 2. The molecule has 0 unspecified atom stereocenters. The lowest BCUT2D eigenvalue weighted by Crippen LogP contribution is -2.27. The normalized spacial score (nSPS) is 10.2. The molecule has 1 N–H and O–H groups in total. The zero-order valence-electron chi connectivity index (χ0n) is 17.6. The van der Waals surface area contributed by atoms with Crippen LogP contribution in [0.3, 0.4) is 0 Å². The summed E-state index contributed by atoms with van der Waals surface area (Å²) >= 11 is 0. The minimum absolute atomic E-state index is 0.0491. The van der Waals surface area contributed by atoms with E-state index in [0.29, 0.717) is 23.6 Å². The van der Waals surface area contributed by atoms with Crippen LogP contribution in [0.15, 0.2) is 48.5 Å². The number of carbonyl (C=O) groups is 3. The standard InChI is InChI=1S/C23H28N2O5/c1-4-15-29-19-9-5-17(6-10-19)21(26)13-14-22(27)24-18-7-11-20(12-8-18)30-16-23(28)25(2)3/h5-12H,4,13-16H2,1-3H3,(H,24,27). The molecular formula is C23H28N2O5. The van der Waals surface area contributed by atoms with Crippen LogP contribution < -0.4 is 14.8 Å². The minimum atomic E-state index is -0.247. The molecule has 0 radical (unpaired) electrons. The smallest absolute Gasteiger partial charge is 0.259 e. The number of ketones is 1. The van der Waals surface area contributed by atoms with Gasteiger partial charge in [0.15, 0.2) is 12.4 Å². The fourth-order valence-electron chi connectivity index (χ4n) is 2.46. The van der Waals surface area contributed by atoms with Crippen LogP contribution in [0, 0.1) is 0 Å². The third-order valence-electron chi connectivity index (χ3n) is 4.23. The summed E-state index contributed by atoms with van der Waals surface area (Å²) in [5.41, 5.74) is 1.15. The highest BCUT2D eigenvalue weighted by atomic mass is 16.5. The molecule has 2 aromatic carbocycles. The third-order valence-corrected chi connectivity index (χ3v) is 4.23. The van der Waals surface area contributed by atoms with Crippen molar-refractivity contribution in [3.8, 4) is 11.5 Å². The number of hydrogen-bond acceptors (Lipinski definition) is 5. The van der Waals surface area contributed by atoms with Crippen LogP contribution in [-0.2, 0) is 9.59 Å². The summed E-state index contributed by atoms with van der Waals surface area (Å²) in [6.07, 6.45) is 1.12. The van der Waals surface area contributed by atoms with E-state index < -0.39 is 0 Å². The van der Waals surface area contributed by atoms with Gasteiger partial charge in [0, 0.05) is 38.2 Å². The lowest BCUT2D eigenvalue weighted by Gasteiger charge is -2.11. The van der Waals surface area contributed by atoms with Crippen molar-refractivity contribution in [1.82, 2.24) is 4.90 Å². The fourth-order valence-corrected chi connectivity index (χ4v) is 2.46. The quantitative estimate of drug-likeness (QED) is 0.571. The highest BCUT2D eigenvalue weighted by Gasteiger charge is 2.10. The van der Waals surface area contributed by atoms with E-state index in [1.807, 2.05) is 6.92 Å². The highest BCUT2D eigenvalue weighted by molar-refractivity contribution is 6.00. The number of anilines is 1. The molecule has 2 aromatic rings. The van der Waals surface area contributed by atoms with Crippen molar-refractivity contribution in [2.75, 3.05) is 32.6 Å². The monoisotopic (exact) mass is 412 g/mol. The summed E-state index contributed by atoms with van der Waals surface area (Å²) in [6.45, 7) is 2.61. The lowest BCUT2D eigenvalue weighted by atomic mass is 10.1. The molecule has 160 valence electrons. The zero-order valence-corrected chi connectivity index (χ0v) is 17.6. The van der Waals surface area contributed by atoms with Crippen molar-refractivity contribution in [3.05, 3.63) is 54.1 Å². The van der Waals surface area contributed by atoms with E-state index in [9.17, 15) is 14.4 Å². The molecule has 0 saturated heterocycles. The van der Waals surface area contributed by atoms with E-state index in [0.717, 1.165) is 12.2 Å². The van der Waals surface area contributed by atoms with Gasteiger partial charge in [-0.05, 0) is 55.0 Å². The molecular weight excluding hydrogens is 384 g/mol. The molecule has 0 fully saturated rings. The Bertz CT molecular complexity index is 845. The van der Waals surface area contributed by atoms with Gasteiger partial charge in [-0.2, -0.15) is 0 Å². The fraction of sp³-hybridized carbons (Fsp3) is 0.348. The van der Waals surface area contributed by atoms with E-state index in [4.69, 9.17) is 9.47 Å². The summed E-state index contributed by atoms with van der Waals surface area (Å²) in [4.78, 5) is 37.4. The highest BCUT2D eigenvalue weighted by Crippen LogP contribution is 2.17. The Balaban J connectivity index is 1.77. The molecule has 2 amide bonds. The molecule has 0 bridgehead atoms. The van der Waals surface area contributed by atoms with Crippen LogP contribution >= 0.6 is 0 Å². The van der Waals surface area contributed by atoms with Crippen molar-refractivity contribution < 1.29 is 23.9 Å². The molecule has 0 aliphatic carbocycles. The van der Waals surface area contributed by atoms with Gasteiger partial charge in [0.1, 0.15) is 11.5 Å². The van der Waals surface area contributed by atoms with E-state index in [-0.39, 0.29) is 37.0 Å². The van der Waals surface area contributed by atoms with Crippen molar-refractivity contribution in [2.24, 2.45) is 0 Å². The maximum Gasteiger partial charge on any atom is 0.259 e. The Hall–Kier alpha value is -3.35. The van der Waals surface area contributed by atoms with Gasteiger partial charge in [-0.25, -0.2) is 0 Å². The first-order valence-corrected chi connectivity index (χ1v) is 9.88. The molecule has 2 rings (SSSR count). The molecule has 0 saturated carbocycles. The molecule has 0 spiro atoms. The van der Waals surface area contributed by atoms with E-state index >= 15 is 0 Å². The maximum absolute atomic E-state index is 12.3. The van der Waals surface area contributed by atoms with Crippen molar-refractivity contribution in [2.45, 2.75) is 26.2 Å². The summed E-state index contributed by atoms with van der Waals surface area (Å²) < 4.78 is 10.9. The van der Waals surface area contributed by atoms with Crippen LogP contribution in [-0.4, -0.2) is 49.8 Å². The summed E-state index contributed by atoms with van der Waals surface area (Å²) in [6, 6.07) is 13.7. The first kappa shape index (κ1) is 22.9. The second-order valence-corrected chi connectivity index (χ2v) is 6.95. The van der Waals surface area contributed by atoms with Gasteiger partial charge in [0.25, 0.3) is 5.91 Å². The number of benzene rings is 2. The van der Waals surface area contributed by atoms with Gasteiger partial charge in [0.05, 0.1) is 6.61 Å². The van der Waals surface area contributed by atoms with Crippen LogP contribution in [0.4, 0.5) is 5.69 Å². The van der Waals surface area contributed by atoms with E-state index in [1.54, 1.807) is 62.6 Å². The molecule has 0 aliphatic rings. The van der Waals surface area contributed by atoms with Gasteiger partial charge >= 0.3 is 0 Å². The molecule has 0 heterocycles. The molecule has 30 heavy (non-hydrogen) atoms. The summed E-state index contributed by atoms with van der Waals surface area (Å²) in [7, 11) is 3.32. The summed E-state index contributed by atoms with van der Waals surface area (Å²) in [5.74, 6) is 0.777. The third kappa shape index (κ3) is 7.58. The molecule has 7 heteroatoms. The number of Topliss-reactive ketones (excluding diaryl/α,β-unsaturated/α-hetero) is 1.